The smallest absolute Gasteiger partial charge is 0.0146 e. The molecule has 2 saturated carbocycles. The van der Waals surface area contributed by atoms with Gasteiger partial charge in [0, 0.05) is 0 Å². The molecule has 0 heteroatoms. The van der Waals surface area contributed by atoms with Gasteiger partial charge in [-0.25, -0.2) is 0 Å². The maximum atomic E-state index is 2.46. The molecular weight excluding hydrogens is 240 g/mol. The normalized spacial score (nSPS) is 21.0. The molecule has 0 spiro atoms. The molecule has 0 radical (unpaired) electrons. The molecule has 4 rings (SSSR count). The molecule has 2 aromatic carbocycles. The van der Waals surface area contributed by atoms with Crippen molar-refractivity contribution in [2.75, 3.05) is 0 Å². The molecule has 0 saturated heterocycles. The number of rotatable bonds is 2. The Kier molecular flexibility index (Phi) is 3.26. The molecule has 2 aliphatic rings. The lowest BCUT2D eigenvalue weighted by Gasteiger charge is -2.22. The van der Waals surface area contributed by atoms with Gasteiger partial charge in [0.25, 0.3) is 0 Å². The molecule has 2 aromatic rings. The van der Waals surface area contributed by atoms with Crippen LogP contribution in [0.1, 0.15) is 74.3 Å². The highest BCUT2D eigenvalue weighted by atomic mass is 14.3. The molecule has 0 nitrogen and oxygen atoms in total. The maximum absolute atomic E-state index is 2.46. The number of benzene rings is 2. The Morgan fingerprint density at radius 1 is 0.650 bits per heavy atom. The monoisotopic (exact) mass is 264 g/mol. The van der Waals surface area contributed by atoms with Crippen LogP contribution in [0.3, 0.4) is 0 Å². The highest BCUT2D eigenvalue weighted by molar-refractivity contribution is 5.87. The summed E-state index contributed by atoms with van der Waals surface area (Å²) >= 11 is 0. The largest absolute Gasteiger partial charge is 0.0616 e. The average Bonchev–Trinajstić information content (AvgIpc) is 3.19. The number of fused-ring (bicyclic) bond motifs is 1. The predicted octanol–water partition coefficient (Wildman–Crippen LogP) is 6.16. The van der Waals surface area contributed by atoms with Crippen LogP contribution in [0.25, 0.3) is 10.8 Å². The topological polar surface area (TPSA) is 0 Å². The van der Waals surface area contributed by atoms with E-state index in [0.717, 1.165) is 11.8 Å². The van der Waals surface area contributed by atoms with Crippen molar-refractivity contribution in [3.63, 3.8) is 0 Å². The van der Waals surface area contributed by atoms with E-state index in [1.165, 1.54) is 56.8 Å². The first-order chi connectivity index (χ1) is 9.93. The molecule has 0 amide bonds. The third kappa shape index (κ3) is 2.06. The van der Waals surface area contributed by atoms with Gasteiger partial charge in [0.1, 0.15) is 0 Å². The zero-order valence-electron chi connectivity index (χ0n) is 12.3. The molecule has 0 unspecified atom stereocenters. The minimum atomic E-state index is 0.830. The van der Waals surface area contributed by atoms with E-state index in [-0.39, 0.29) is 0 Å². The van der Waals surface area contributed by atoms with Crippen LogP contribution >= 0.6 is 0 Å². The van der Waals surface area contributed by atoms with E-state index in [9.17, 15) is 0 Å². The summed E-state index contributed by atoms with van der Waals surface area (Å²) < 4.78 is 0. The lowest BCUT2D eigenvalue weighted by atomic mass is 9.82. The van der Waals surface area contributed by atoms with Crippen molar-refractivity contribution in [2.45, 2.75) is 63.2 Å². The van der Waals surface area contributed by atoms with Crippen molar-refractivity contribution in [3.05, 3.63) is 47.5 Å². The van der Waals surface area contributed by atoms with Gasteiger partial charge < -0.3 is 0 Å². The molecular formula is C20H24. The fourth-order valence-electron chi connectivity index (χ4n) is 4.58. The van der Waals surface area contributed by atoms with Crippen LogP contribution in [0.15, 0.2) is 36.4 Å². The Morgan fingerprint density at radius 2 is 1.30 bits per heavy atom. The zero-order valence-corrected chi connectivity index (χ0v) is 12.3. The molecule has 104 valence electrons. The summed E-state index contributed by atoms with van der Waals surface area (Å²) in [5.41, 5.74) is 3.43. The van der Waals surface area contributed by atoms with Crippen LogP contribution in [-0.2, 0) is 0 Å². The molecule has 2 fully saturated rings. The second kappa shape index (κ2) is 5.24. The highest BCUT2D eigenvalue weighted by Gasteiger charge is 2.26. The van der Waals surface area contributed by atoms with E-state index in [4.69, 9.17) is 0 Å². The van der Waals surface area contributed by atoms with Gasteiger partial charge in [-0.3, -0.25) is 0 Å². The molecule has 20 heavy (non-hydrogen) atoms. The van der Waals surface area contributed by atoms with Gasteiger partial charge in [0.15, 0.2) is 0 Å². The van der Waals surface area contributed by atoms with Gasteiger partial charge in [0.05, 0.1) is 0 Å². The van der Waals surface area contributed by atoms with Crippen LogP contribution in [0.2, 0.25) is 0 Å². The summed E-state index contributed by atoms with van der Waals surface area (Å²) in [6, 6.07) is 13.9. The van der Waals surface area contributed by atoms with Crippen LogP contribution in [0.5, 0.6) is 0 Å². The van der Waals surface area contributed by atoms with Crippen molar-refractivity contribution in [1.29, 1.82) is 0 Å². The SMILES string of the molecule is c1ccc2c(C3CCCC3)c(C3CCCC3)ccc2c1. The van der Waals surface area contributed by atoms with Crippen LogP contribution in [0, 0.1) is 0 Å². The summed E-state index contributed by atoms with van der Waals surface area (Å²) in [6.07, 6.45) is 11.4. The summed E-state index contributed by atoms with van der Waals surface area (Å²) in [7, 11) is 0. The van der Waals surface area contributed by atoms with E-state index < -0.39 is 0 Å². The maximum Gasteiger partial charge on any atom is -0.0146 e. The van der Waals surface area contributed by atoms with Crippen LogP contribution in [0.4, 0.5) is 0 Å². The minimum absolute atomic E-state index is 0.830. The van der Waals surface area contributed by atoms with E-state index in [2.05, 4.69) is 36.4 Å². The zero-order chi connectivity index (χ0) is 13.4. The van der Waals surface area contributed by atoms with E-state index in [1.54, 1.807) is 16.5 Å². The molecule has 0 atom stereocenters. The Morgan fingerprint density at radius 3 is 2.05 bits per heavy atom. The van der Waals surface area contributed by atoms with Crippen molar-refractivity contribution in [2.24, 2.45) is 0 Å². The third-order valence-corrected chi connectivity index (χ3v) is 5.56. The van der Waals surface area contributed by atoms with Crippen molar-refractivity contribution in [1.82, 2.24) is 0 Å². The number of hydrogen-bond donors (Lipinski definition) is 0. The van der Waals surface area contributed by atoms with Gasteiger partial charge in [-0.15, -0.1) is 0 Å². The minimum Gasteiger partial charge on any atom is -0.0616 e. The Balaban J connectivity index is 1.90. The second-order valence-corrected chi connectivity index (χ2v) is 6.75. The van der Waals surface area contributed by atoms with Gasteiger partial charge in [0.2, 0.25) is 0 Å². The van der Waals surface area contributed by atoms with Crippen molar-refractivity contribution in [3.8, 4) is 0 Å². The predicted molar refractivity (Wildman–Crippen MR) is 86.4 cm³/mol. The van der Waals surface area contributed by atoms with Gasteiger partial charge in [-0.1, -0.05) is 62.1 Å². The Hall–Kier alpha value is -1.30. The lowest BCUT2D eigenvalue weighted by Crippen LogP contribution is -2.04. The van der Waals surface area contributed by atoms with Crippen LogP contribution < -0.4 is 0 Å². The van der Waals surface area contributed by atoms with Crippen LogP contribution in [-0.4, -0.2) is 0 Å². The molecule has 0 aliphatic heterocycles. The highest BCUT2D eigenvalue weighted by Crippen LogP contribution is 2.45. The van der Waals surface area contributed by atoms with Crippen molar-refractivity contribution >= 4 is 10.8 Å². The molecule has 0 heterocycles. The first-order valence-corrected chi connectivity index (χ1v) is 8.45. The molecule has 0 aromatic heterocycles. The summed E-state index contributed by atoms with van der Waals surface area (Å²) in [4.78, 5) is 0. The molecule has 0 N–H and O–H groups in total. The second-order valence-electron chi connectivity index (χ2n) is 6.75. The number of hydrogen-bond acceptors (Lipinski definition) is 0. The molecule has 2 aliphatic carbocycles. The standard InChI is InChI=1S/C20H24/c1-2-8-15(7-1)19-14-13-16-9-5-6-12-18(16)20(19)17-10-3-4-11-17/h5-6,9,12-15,17H,1-4,7-8,10-11H2. The van der Waals surface area contributed by atoms with Gasteiger partial charge >= 0.3 is 0 Å². The van der Waals surface area contributed by atoms with E-state index in [0.29, 0.717) is 0 Å². The van der Waals surface area contributed by atoms with E-state index in [1.807, 2.05) is 0 Å². The summed E-state index contributed by atoms with van der Waals surface area (Å²) in [5.74, 6) is 1.67. The van der Waals surface area contributed by atoms with Gasteiger partial charge in [-0.05, 0) is 59.4 Å². The summed E-state index contributed by atoms with van der Waals surface area (Å²) in [5, 5.41) is 2.99. The third-order valence-electron chi connectivity index (χ3n) is 5.56. The van der Waals surface area contributed by atoms with Crippen molar-refractivity contribution < 1.29 is 0 Å². The summed E-state index contributed by atoms with van der Waals surface area (Å²) in [6.45, 7) is 0. The fraction of sp³-hybridized carbons (Fsp3) is 0.500. The average molecular weight is 264 g/mol. The Bertz CT molecular complexity index is 598. The first kappa shape index (κ1) is 12.4. The first-order valence-electron chi connectivity index (χ1n) is 8.45. The van der Waals surface area contributed by atoms with Gasteiger partial charge in [-0.2, -0.15) is 0 Å². The molecule has 0 bridgehead atoms. The lowest BCUT2D eigenvalue weighted by molar-refractivity contribution is 0.670. The van der Waals surface area contributed by atoms with E-state index >= 15 is 0 Å². The Labute approximate surface area is 122 Å². The fourth-order valence-corrected chi connectivity index (χ4v) is 4.58. The quantitative estimate of drug-likeness (QED) is 0.609.